The molecule has 142 valence electrons. The van der Waals surface area contributed by atoms with E-state index in [1.807, 2.05) is 6.07 Å². The van der Waals surface area contributed by atoms with Crippen LogP contribution >= 0.6 is 11.6 Å². The number of amides is 1. The van der Waals surface area contributed by atoms with Gasteiger partial charge in [-0.05, 0) is 30.3 Å². The number of benzene rings is 1. The largest absolute Gasteiger partial charge is 0.370 e. The average Bonchev–Trinajstić information content (AvgIpc) is 3.13. The van der Waals surface area contributed by atoms with Gasteiger partial charge in [0.15, 0.2) is 5.79 Å². The average molecular weight is 392 g/mol. The number of piperidine rings is 1. The lowest BCUT2D eigenvalue weighted by Crippen LogP contribution is -2.45. The summed E-state index contributed by atoms with van der Waals surface area (Å²) >= 11 is 5.73. The first kappa shape index (κ1) is 18.2. The van der Waals surface area contributed by atoms with Crippen molar-refractivity contribution in [2.45, 2.75) is 18.6 Å². The summed E-state index contributed by atoms with van der Waals surface area (Å²) in [6.45, 7) is 2.93. The highest BCUT2D eigenvalue weighted by Crippen LogP contribution is 2.33. The van der Waals surface area contributed by atoms with E-state index in [1.54, 1.807) is 12.3 Å². The maximum Gasteiger partial charge on any atom is 0.274 e. The second-order valence-corrected chi connectivity index (χ2v) is 6.99. The number of nitrogens with one attached hydrogen (secondary N) is 1. The first-order valence-electron chi connectivity index (χ1n) is 8.80. The van der Waals surface area contributed by atoms with Gasteiger partial charge in [0.1, 0.15) is 11.5 Å². The predicted molar refractivity (Wildman–Crippen MR) is 99.7 cm³/mol. The number of halogens is 2. The van der Waals surface area contributed by atoms with E-state index in [0.717, 1.165) is 31.6 Å². The molecule has 2 saturated heterocycles. The number of aromatic nitrogens is 1. The highest BCUT2D eigenvalue weighted by molar-refractivity contribution is 6.31. The Labute approximate surface area is 161 Å². The van der Waals surface area contributed by atoms with Crippen LogP contribution in [0.2, 0.25) is 5.02 Å². The molecule has 0 unspecified atom stereocenters. The Balaban J connectivity index is 1.38. The summed E-state index contributed by atoms with van der Waals surface area (Å²) in [6, 6.07) is 7.55. The van der Waals surface area contributed by atoms with E-state index in [9.17, 15) is 9.18 Å². The first-order valence-corrected chi connectivity index (χ1v) is 9.18. The Morgan fingerprint density at radius 3 is 2.56 bits per heavy atom. The number of pyridine rings is 1. The van der Waals surface area contributed by atoms with Crippen LogP contribution in [0.1, 0.15) is 23.3 Å². The van der Waals surface area contributed by atoms with Crippen LogP contribution in [-0.2, 0) is 9.47 Å². The minimum absolute atomic E-state index is 0.0470. The van der Waals surface area contributed by atoms with Crippen LogP contribution in [0.25, 0.3) is 0 Å². The summed E-state index contributed by atoms with van der Waals surface area (Å²) in [6.07, 6.45) is 3.29. The van der Waals surface area contributed by atoms with Gasteiger partial charge in [-0.3, -0.25) is 4.79 Å². The number of anilines is 2. The van der Waals surface area contributed by atoms with E-state index in [-0.39, 0.29) is 16.6 Å². The van der Waals surface area contributed by atoms with Gasteiger partial charge in [-0.1, -0.05) is 11.6 Å². The fourth-order valence-corrected chi connectivity index (χ4v) is 3.55. The zero-order valence-electron chi connectivity index (χ0n) is 14.6. The molecule has 1 amide bonds. The van der Waals surface area contributed by atoms with E-state index in [4.69, 9.17) is 21.1 Å². The van der Waals surface area contributed by atoms with Crippen molar-refractivity contribution >= 4 is 28.9 Å². The van der Waals surface area contributed by atoms with Crippen LogP contribution in [0.4, 0.5) is 15.8 Å². The van der Waals surface area contributed by atoms with Crippen LogP contribution in [0.3, 0.4) is 0 Å². The molecule has 3 heterocycles. The molecule has 4 rings (SSSR count). The van der Waals surface area contributed by atoms with Crippen LogP contribution in [0, 0.1) is 5.82 Å². The third-order valence-electron chi connectivity index (χ3n) is 4.86. The molecule has 2 aliphatic rings. The van der Waals surface area contributed by atoms with Crippen LogP contribution < -0.4 is 10.2 Å². The van der Waals surface area contributed by atoms with Gasteiger partial charge in [0.05, 0.1) is 30.1 Å². The lowest BCUT2D eigenvalue weighted by Gasteiger charge is -2.38. The molecule has 0 atom stereocenters. The van der Waals surface area contributed by atoms with E-state index in [0.29, 0.717) is 18.9 Å². The lowest BCUT2D eigenvalue weighted by atomic mass is 10.0. The van der Waals surface area contributed by atoms with Crippen LogP contribution in [0.15, 0.2) is 36.5 Å². The second kappa shape index (κ2) is 7.42. The van der Waals surface area contributed by atoms with Gasteiger partial charge in [0, 0.05) is 31.6 Å². The van der Waals surface area contributed by atoms with Crippen molar-refractivity contribution in [1.82, 2.24) is 4.98 Å². The number of ether oxygens (including phenoxy) is 2. The van der Waals surface area contributed by atoms with Crippen molar-refractivity contribution < 1.29 is 18.7 Å². The summed E-state index contributed by atoms with van der Waals surface area (Å²) < 4.78 is 24.7. The summed E-state index contributed by atoms with van der Waals surface area (Å²) in [5, 5.41) is 2.61. The first-order chi connectivity index (χ1) is 13.0. The fourth-order valence-electron chi connectivity index (χ4n) is 3.37. The van der Waals surface area contributed by atoms with Gasteiger partial charge in [-0.2, -0.15) is 0 Å². The maximum absolute atomic E-state index is 13.2. The van der Waals surface area contributed by atoms with Crippen molar-refractivity contribution in [1.29, 1.82) is 0 Å². The molecule has 1 N–H and O–H groups in total. The molecule has 2 fully saturated rings. The molecule has 6 nitrogen and oxygen atoms in total. The summed E-state index contributed by atoms with van der Waals surface area (Å²) in [4.78, 5) is 18.8. The molecule has 0 bridgehead atoms. The topological polar surface area (TPSA) is 63.7 Å². The van der Waals surface area contributed by atoms with Gasteiger partial charge in [0.25, 0.3) is 5.91 Å². The Kier molecular flexibility index (Phi) is 4.99. The molecule has 0 aliphatic carbocycles. The molecule has 0 radical (unpaired) electrons. The number of carbonyl (C=O) groups excluding carboxylic acids is 1. The molecule has 2 aromatic rings. The molecule has 1 aromatic heterocycles. The zero-order chi connectivity index (χ0) is 18.9. The zero-order valence-corrected chi connectivity index (χ0v) is 15.3. The normalized spacial score (nSPS) is 18.7. The number of hydrogen-bond donors (Lipinski definition) is 1. The molecular weight excluding hydrogens is 373 g/mol. The maximum atomic E-state index is 13.2. The smallest absolute Gasteiger partial charge is 0.274 e. The van der Waals surface area contributed by atoms with Crippen molar-refractivity contribution in [2.75, 3.05) is 36.5 Å². The predicted octanol–water partition coefficient (Wildman–Crippen LogP) is 3.47. The van der Waals surface area contributed by atoms with Gasteiger partial charge in [-0.25, -0.2) is 9.37 Å². The van der Waals surface area contributed by atoms with Crippen LogP contribution in [0.5, 0.6) is 0 Å². The number of rotatable bonds is 3. The summed E-state index contributed by atoms with van der Waals surface area (Å²) in [5.41, 5.74) is 1.63. The Morgan fingerprint density at radius 1 is 1.19 bits per heavy atom. The molecular formula is C19H19ClFN3O3. The molecule has 8 heteroatoms. The van der Waals surface area contributed by atoms with Crippen molar-refractivity contribution in [2.24, 2.45) is 0 Å². The van der Waals surface area contributed by atoms with Gasteiger partial charge in [0.2, 0.25) is 0 Å². The lowest BCUT2D eigenvalue weighted by molar-refractivity contribution is -0.169. The van der Waals surface area contributed by atoms with Crippen molar-refractivity contribution in [3.05, 3.63) is 53.1 Å². The monoisotopic (exact) mass is 391 g/mol. The number of carbonyl (C=O) groups is 1. The van der Waals surface area contributed by atoms with E-state index in [2.05, 4.69) is 15.2 Å². The Morgan fingerprint density at radius 2 is 1.93 bits per heavy atom. The number of hydrogen-bond acceptors (Lipinski definition) is 5. The molecule has 1 spiro atoms. The molecule has 1 aromatic carbocycles. The minimum atomic E-state index is -0.533. The van der Waals surface area contributed by atoms with E-state index in [1.165, 1.54) is 18.2 Å². The van der Waals surface area contributed by atoms with Gasteiger partial charge >= 0.3 is 0 Å². The fraction of sp³-hybridized carbons (Fsp3) is 0.368. The third kappa shape index (κ3) is 3.90. The standard InChI is InChI=1S/C19H19ClFN3O3/c20-15-11-13(1-3-16(15)21)23-18(25)17-4-2-14(12-22-17)24-7-5-19(6-8-24)26-9-10-27-19/h1-4,11-12H,5-10H2,(H,23,25). The molecule has 27 heavy (non-hydrogen) atoms. The number of nitrogens with zero attached hydrogens (tertiary/aromatic N) is 2. The minimum Gasteiger partial charge on any atom is -0.370 e. The Bertz CT molecular complexity index is 831. The summed E-state index contributed by atoms with van der Waals surface area (Å²) in [5.74, 6) is -1.33. The Hall–Kier alpha value is -2.22. The van der Waals surface area contributed by atoms with Crippen LogP contribution in [-0.4, -0.2) is 43.0 Å². The SMILES string of the molecule is O=C(Nc1ccc(F)c(Cl)c1)c1ccc(N2CCC3(CC2)OCCO3)cn1. The second-order valence-electron chi connectivity index (χ2n) is 6.58. The van der Waals surface area contributed by atoms with Gasteiger partial charge in [-0.15, -0.1) is 0 Å². The quantitative estimate of drug-likeness (QED) is 0.868. The van der Waals surface area contributed by atoms with Crippen molar-refractivity contribution in [3.63, 3.8) is 0 Å². The third-order valence-corrected chi connectivity index (χ3v) is 5.15. The van der Waals surface area contributed by atoms with Gasteiger partial charge < -0.3 is 19.7 Å². The highest BCUT2D eigenvalue weighted by atomic mass is 35.5. The molecule has 0 saturated carbocycles. The molecule has 2 aliphatic heterocycles. The van der Waals surface area contributed by atoms with Crippen molar-refractivity contribution in [3.8, 4) is 0 Å². The van der Waals surface area contributed by atoms with E-state index < -0.39 is 11.6 Å². The highest BCUT2D eigenvalue weighted by Gasteiger charge is 2.39. The van der Waals surface area contributed by atoms with E-state index >= 15 is 0 Å². The summed E-state index contributed by atoms with van der Waals surface area (Å²) in [7, 11) is 0.